The summed E-state index contributed by atoms with van der Waals surface area (Å²) in [6, 6.07) is 7.43. The molecule has 3 aliphatic rings. The Morgan fingerprint density at radius 3 is 2.32 bits per heavy atom. The van der Waals surface area contributed by atoms with Crippen LogP contribution >= 0.6 is 0 Å². The molecule has 2 heterocycles. The van der Waals surface area contributed by atoms with Gasteiger partial charge in [-0.2, -0.15) is 0 Å². The van der Waals surface area contributed by atoms with E-state index in [4.69, 9.17) is 4.74 Å². The van der Waals surface area contributed by atoms with Gasteiger partial charge < -0.3 is 4.74 Å². The fraction of sp³-hybridized carbons (Fsp3) is 0.667. The van der Waals surface area contributed by atoms with Gasteiger partial charge in [0.15, 0.2) is 5.78 Å². The van der Waals surface area contributed by atoms with Crippen molar-refractivity contribution in [1.82, 2.24) is 4.90 Å². The highest BCUT2D eigenvalue weighted by Gasteiger charge is 2.52. The van der Waals surface area contributed by atoms with Crippen LogP contribution in [0.15, 0.2) is 24.3 Å². The summed E-state index contributed by atoms with van der Waals surface area (Å²) in [4.78, 5) is 14.7. The lowest BCUT2D eigenvalue weighted by Gasteiger charge is -2.44. The summed E-state index contributed by atoms with van der Waals surface area (Å²) in [7, 11) is 0. The van der Waals surface area contributed by atoms with Crippen LogP contribution in [0.5, 0.6) is 0 Å². The number of Topliss-reactive ketones (excluding diaryl/α,β-unsaturated/α-hetero) is 1. The number of piperidine rings is 1. The maximum Gasteiger partial charge on any atom is 0.161 e. The number of carbonyl (C=O) groups excluding carboxylic acids is 1. The molecule has 2 aliphatic heterocycles. The molecule has 25 heavy (non-hydrogen) atoms. The first-order valence-corrected chi connectivity index (χ1v) is 9.73. The summed E-state index contributed by atoms with van der Waals surface area (Å²) in [6.45, 7) is 4.52. The third kappa shape index (κ3) is 3.39. The van der Waals surface area contributed by atoms with Gasteiger partial charge in [-0.3, -0.25) is 9.69 Å². The summed E-state index contributed by atoms with van der Waals surface area (Å²) in [5.41, 5.74) is 0.786. The Balaban J connectivity index is 1.31. The van der Waals surface area contributed by atoms with Crippen LogP contribution in [0.1, 0.15) is 56.9 Å². The van der Waals surface area contributed by atoms with Gasteiger partial charge in [0.2, 0.25) is 0 Å². The van der Waals surface area contributed by atoms with E-state index in [1.807, 2.05) is 12.1 Å². The molecule has 0 spiro atoms. The van der Waals surface area contributed by atoms with E-state index in [-0.39, 0.29) is 11.6 Å². The number of hydrogen-bond donors (Lipinski definition) is 0. The van der Waals surface area contributed by atoms with Crippen molar-refractivity contribution in [3.63, 3.8) is 0 Å². The van der Waals surface area contributed by atoms with E-state index in [0.29, 0.717) is 24.5 Å². The minimum Gasteiger partial charge on any atom is -0.365 e. The molecule has 3 nitrogen and oxygen atoms in total. The zero-order valence-corrected chi connectivity index (χ0v) is 15.0. The standard InChI is InChI=1S/C21H28FNO2/c1-15(24)21(18-4-5-18)11-8-20(14-25-21)23-12-9-17(10-13-23)16-2-6-19(22)7-3-16/h2-3,6-7,17-18,20H,4-5,8-14H2,1H3. The molecule has 1 aromatic rings. The minimum absolute atomic E-state index is 0.162. The van der Waals surface area contributed by atoms with Gasteiger partial charge in [-0.25, -0.2) is 4.39 Å². The van der Waals surface area contributed by atoms with Crippen molar-refractivity contribution in [1.29, 1.82) is 0 Å². The van der Waals surface area contributed by atoms with Gasteiger partial charge in [-0.05, 0) is 88.1 Å². The van der Waals surface area contributed by atoms with Crippen LogP contribution in [0.3, 0.4) is 0 Å². The zero-order valence-electron chi connectivity index (χ0n) is 15.0. The average molecular weight is 345 g/mol. The van der Waals surface area contributed by atoms with E-state index in [1.165, 1.54) is 5.56 Å². The fourth-order valence-electron chi connectivity index (χ4n) is 4.84. The van der Waals surface area contributed by atoms with Crippen LogP contribution in [0.25, 0.3) is 0 Å². The van der Waals surface area contributed by atoms with Gasteiger partial charge in [0.05, 0.1) is 6.61 Å². The van der Waals surface area contributed by atoms with Crippen LogP contribution < -0.4 is 0 Å². The van der Waals surface area contributed by atoms with Crippen molar-refractivity contribution in [2.24, 2.45) is 5.92 Å². The maximum absolute atomic E-state index is 13.1. The maximum atomic E-state index is 13.1. The van der Waals surface area contributed by atoms with E-state index in [1.54, 1.807) is 19.1 Å². The molecular formula is C21H28FNO2. The molecule has 136 valence electrons. The Labute approximate surface area is 149 Å². The first-order valence-electron chi connectivity index (χ1n) is 9.73. The van der Waals surface area contributed by atoms with Crippen molar-refractivity contribution in [3.8, 4) is 0 Å². The third-order valence-electron chi connectivity index (χ3n) is 6.60. The third-order valence-corrected chi connectivity index (χ3v) is 6.60. The molecule has 0 radical (unpaired) electrons. The molecule has 2 saturated heterocycles. The van der Waals surface area contributed by atoms with Gasteiger partial charge in [0.25, 0.3) is 0 Å². The first kappa shape index (κ1) is 17.2. The van der Waals surface area contributed by atoms with Gasteiger partial charge in [0, 0.05) is 6.04 Å². The number of hydrogen-bond acceptors (Lipinski definition) is 3. The number of carbonyl (C=O) groups is 1. The molecule has 3 fully saturated rings. The normalized spacial score (nSPS) is 31.8. The quantitative estimate of drug-likeness (QED) is 0.828. The first-order chi connectivity index (χ1) is 12.1. The highest BCUT2D eigenvalue weighted by molar-refractivity contribution is 5.86. The summed E-state index contributed by atoms with van der Waals surface area (Å²) in [6.07, 6.45) is 6.47. The number of nitrogens with zero attached hydrogens (tertiary/aromatic N) is 1. The molecule has 4 heteroatoms. The van der Waals surface area contributed by atoms with Gasteiger partial charge in [-0.1, -0.05) is 12.1 Å². The molecule has 2 atom stereocenters. The van der Waals surface area contributed by atoms with Crippen molar-refractivity contribution >= 4 is 5.78 Å². The van der Waals surface area contributed by atoms with E-state index >= 15 is 0 Å². The lowest BCUT2D eigenvalue weighted by Crippen LogP contribution is -2.53. The smallest absolute Gasteiger partial charge is 0.161 e. The average Bonchev–Trinajstić information content (AvgIpc) is 3.48. The fourth-order valence-corrected chi connectivity index (χ4v) is 4.84. The molecule has 1 aromatic carbocycles. The predicted octanol–water partition coefficient (Wildman–Crippen LogP) is 3.92. The Morgan fingerprint density at radius 2 is 1.80 bits per heavy atom. The van der Waals surface area contributed by atoms with Crippen LogP contribution in [-0.2, 0) is 9.53 Å². The lowest BCUT2D eigenvalue weighted by molar-refractivity contribution is -0.160. The second-order valence-corrected chi connectivity index (χ2v) is 8.09. The molecule has 0 amide bonds. The van der Waals surface area contributed by atoms with Crippen molar-refractivity contribution < 1.29 is 13.9 Å². The van der Waals surface area contributed by atoms with Gasteiger partial charge in [0.1, 0.15) is 11.4 Å². The zero-order chi connectivity index (χ0) is 17.4. The van der Waals surface area contributed by atoms with E-state index in [9.17, 15) is 9.18 Å². The molecular weight excluding hydrogens is 317 g/mol. The monoisotopic (exact) mass is 345 g/mol. The Hall–Kier alpha value is -1.26. The predicted molar refractivity (Wildman–Crippen MR) is 95.1 cm³/mol. The van der Waals surface area contributed by atoms with Crippen molar-refractivity contribution in [3.05, 3.63) is 35.6 Å². The molecule has 1 aliphatic carbocycles. The van der Waals surface area contributed by atoms with Crippen LogP contribution in [-0.4, -0.2) is 42.0 Å². The highest BCUT2D eigenvalue weighted by atomic mass is 19.1. The van der Waals surface area contributed by atoms with E-state index in [2.05, 4.69) is 4.90 Å². The van der Waals surface area contributed by atoms with Gasteiger partial charge in [-0.15, -0.1) is 0 Å². The highest BCUT2D eigenvalue weighted by Crippen LogP contribution is 2.47. The molecule has 0 N–H and O–H groups in total. The van der Waals surface area contributed by atoms with Crippen molar-refractivity contribution in [2.75, 3.05) is 19.7 Å². The Bertz CT molecular complexity index is 609. The van der Waals surface area contributed by atoms with Crippen LogP contribution in [0.2, 0.25) is 0 Å². The number of ether oxygens (including phenoxy) is 1. The topological polar surface area (TPSA) is 29.5 Å². The number of likely N-dealkylation sites (tertiary alicyclic amines) is 1. The molecule has 0 aromatic heterocycles. The second kappa shape index (κ2) is 6.81. The summed E-state index contributed by atoms with van der Waals surface area (Å²) in [5, 5.41) is 0. The molecule has 0 bridgehead atoms. The van der Waals surface area contributed by atoms with Crippen LogP contribution in [0.4, 0.5) is 4.39 Å². The summed E-state index contributed by atoms with van der Waals surface area (Å²) in [5.74, 6) is 1.06. The minimum atomic E-state index is -0.469. The van der Waals surface area contributed by atoms with E-state index in [0.717, 1.165) is 51.6 Å². The Kier molecular flexibility index (Phi) is 4.67. The molecule has 1 saturated carbocycles. The molecule has 2 unspecified atom stereocenters. The second-order valence-electron chi connectivity index (χ2n) is 8.09. The van der Waals surface area contributed by atoms with E-state index < -0.39 is 5.60 Å². The number of ketones is 1. The number of halogens is 1. The number of rotatable bonds is 4. The summed E-state index contributed by atoms with van der Waals surface area (Å²) >= 11 is 0. The van der Waals surface area contributed by atoms with Gasteiger partial charge >= 0.3 is 0 Å². The molecule has 4 rings (SSSR count). The summed E-state index contributed by atoms with van der Waals surface area (Å²) < 4.78 is 19.3. The number of benzene rings is 1. The largest absolute Gasteiger partial charge is 0.365 e. The Morgan fingerprint density at radius 1 is 1.12 bits per heavy atom. The van der Waals surface area contributed by atoms with Crippen LogP contribution in [0, 0.1) is 11.7 Å². The lowest BCUT2D eigenvalue weighted by atomic mass is 9.83. The SMILES string of the molecule is CC(=O)C1(C2CC2)CCC(N2CCC(c3ccc(F)cc3)CC2)CO1. The van der Waals surface area contributed by atoms with Crippen molar-refractivity contribution in [2.45, 2.75) is 63.0 Å².